The normalized spacial score (nSPS) is 15.8. The first kappa shape index (κ1) is 11.6. The first-order chi connectivity index (χ1) is 6.62. The standard InChI is InChI=1S/C10H19N3S/c1-4-10(2,7-11)13(3)5-9-6-14-8-12-9/h6,8H,4-5,7,11H2,1-3H3. The van der Waals surface area contributed by atoms with Gasteiger partial charge < -0.3 is 5.73 Å². The van der Waals surface area contributed by atoms with Gasteiger partial charge >= 0.3 is 0 Å². The van der Waals surface area contributed by atoms with Gasteiger partial charge in [0.15, 0.2) is 0 Å². The predicted molar refractivity (Wildman–Crippen MR) is 61.3 cm³/mol. The number of aromatic nitrogens is 1. The summed E-state index contributed by atoms with van der Waals surface area (Å²) in [5.74, 6) is 0. The summed E-state index contributed by atoms with van der Waals surface area (Å²) in [5.41, 5.74) is 8.88. The highest BCUT2D eigenvalue weighted by molar-refractivity contribution is 7.07. The highest BCUT2D eigenvalue weighted by Gasteiger charge is 2.25. The van der Waals surface area contributed by atoms with E-state index in [9.17, 15) is 0 Å². The Morgan fingerprint density at radius 2 is 2.36 bits per heavy atom. The lowest BCUT2D eigenvalue weighted by atomic mass is 9.97. The van der Waals surface area contributed by atoms with Crippen LogP contribution in [0, 0.1) is 0 Å². The number of likely N-dealkylation sites (N-methyl/N-ethyl adjacent to an activating group) is 1. The van der Waals surface area contributed by atoms with Crippen LogP contribution in [0.4, 0.5) is 0 Å². The van der Waals surface area contributed by atoms with E-state index in [1.165, 1.54) is 0 Å². The third kappa shape index (κ3) is 2.53. The van der Waals surface area contributed by atoms with E-state index in [0.29, 0.717) is 6.54 Å². The molecule has 0 amide bonds. The van der Waals surface area contributed by atoms with Gasteiger partial charge in [-0.2, -0.15) is 0 Å². The zero-order valence-electron chi connectivity index (χ0n) is 9.16. The van der Waals surface area contributed by atoms with Gasteiger partial charge in [0, 0.05) is 24.0 Å². The van der Waals surface area contributed by atoms with E-state index < -0.39 is 0 Å². The fraction of sp³-hybridized carbons (Fsp3) is 0.700. The van der Waals surface area contributed by atoms with Crippen LogP contribution in [-0.2, 0) is 6.54 Å². The smallest absolute Gasteiger partial charge is 0.0795 e. The van der Waals surface area contributed by atoms with Crippen LogP contribution in [0.15, 0.2) is 10.9 Å². The Balaban J connectivity index is 2.60. The molecule has 2 N–H and O–H groups in total. The fourth-order valence-electron chi connectivity index (χ4n) is 1.32. The minimum atomic E-state index is 0.0869. The van der Waals surface area contributed by atoms with Gasteiger partial charge in [0.25, 0.3) is 0 Å². The zero-order valence-corrected chi connectivity index (χ0v) is 9.97. The van der Waals surface area contributed by atoms with E-state index in [2.05, 4.69) is 36.2 Å². The largest absolute Gasteiger partial charge is 0.329 e. The monoisotopic (exact) mass is 213 g/mol. The van der Waals surface area contributed by atoms with Crippen LogP contribution in [0.25, 0.3) is 0 Å². The van der Waals surface area contributed by atoms with Gasteiger partial charge in [-0.15, -0.1) is 11.3 Å². The molecule has 0 spiro atoms. The Morgan fingerprint density at radius 3 is 2.79 bits per heavy atom. The van der Waals surface area contributed by atoms with Gasteiger partial charge in [0.05, 0.1) is 11.2 Å². The average molecular weight is 213 g/mol. The van der Waals surface area contributed by atoms with Crippen molar-refractivity contribution in [2.45, 2.75) is 32.4 Å². The van der Waals surface area contributed by atoms with Crippen molar-refractivity contribution in [2.75, 3.05) is 13.6 Å². The molecular formula is C10H19N3S. The summed E-state index contributed by atoms with van der Waals surface area (Å²) < 4.78 is 0. The summed E-state index contributed by atoms with van der Waals surface area (Å²) in [5, 5.41) is 2.09. The van der Waals surface area contributed by atoms with Crippen molar-refractivity contribution in [3.63, 3.8) is 0 Å². The topological polar surface area (TPSA) is 42.1 Å². The molecule has 1 heterocycles. The molecule has 0 bridgehead atoms. The van der Waals surface area contributed by atoms with Gasteiger partial charge in [0.2, 0.25) is 0 Å². The minimum absolute atomic E-state index is 0.0869. The Kier molecular flexibility index (Phi) is 4.04. The molecule has 80 valence electrons. The average Bonchev–Trinajstić information content (AvgIpc) is 2.69. The summed E-state index contributed by atoms with van der Waals surface area (Å²) in [4.78, 5) is 6.55. The van der Waals surface area contributed by atoms with Crippen LogP contribution in [0.1, 0.15) is 26.0 Å². The van der Waals surface area contributed by atoms with E-state index in [0.717, 1.165) is 18.7 Å². The summed E-state index contributed by atoms with van der Waals surface area (Å²) in [6.45, 7) is 5.93. The van der Waals surface area contributed by atoms with Gasteiger partial charge in [0.1, 0.15) is 0 Å². The molecule has 0 aliphatic heterocycles. The van der Waals surface area contributed by atoms with Crippen molar-refractivity contribution in [1.29, 1.82) is 0 Å². The van der Waals surface area contributed by atoms with Gasteiger partial charge in [-0.05, 0) is 20.4 Å². The van der Waals surface area contributed by atoms with E-state index >= 15 is 0 Å². The molecule has 0 fully saturated rings. The molecule has 3 nitrogen and oxygen atoms in total. The molecule has 1 rings (SSSR count). The number of hydrogen-bond acceptors (Lipinski definition) is 4. The van der Waals surface area contributed by atoms with Crippen LogP contribution in [0.2, 0.25) is 0 Å². The van der Waals surface area contributed by atoms with Crippen molar-refractivity contribution >= 4 is 11.3 Å². The van der Waals surface area contributed by atoms with Crippen molar-refractivity contribution < 1.29 is 0 Å². The number of hydrogen-bond donors (Lipinski definition) is 1. The second-order valence-corrected chi connectivity index (χ2v) is 4.61. The lowest BCUT2D eigenvalue weighted by Gasteiger charge is -2.36. The molecule has 14 heavy (non-hydrogen) atoms. The first-order valence-corrected chi connectivity index (χ1v) is 5.85. The van der Waals surface area contributed by atoms with Crippen molar-refractivity contribution in [3.8, 4) is 0 Å². The maximum atomic E-state index is 5.79. The maximum Gasteiger partial charge on any atom is 0.0795 e. The highest BCUT2D eigenvalue weighted by atomic mass is 32.1. The van der Waals surface area contributed by atoms with E-state index in [-0.39, 0.29) is 5.54 Å². The van der Waals surface area contributed by atoms with Gasteiger partial charge in [-0.1, -0.05) is 6.92 Å². The SMILES string of the molecule is CCC(C)(CN)N(C)Cc1cscn1. The van der Waals surface area contributed by atoms with E-state index in [1.54, 1.807) is 11.3 Å². The van der Waals surface area contributed by atoms with E-state index in [4.69, 9.17) is 5.73 Å². The van der Waals surface area contributed by atoms with Crippen molar-refractivity contribution in [2.24, 2.45) is 5.73 Å². The Bertz CT molecular complexity index is 254. The number of rotatable bonds is 5. The second-order valence-electron chi connectivity index (χ2n) is 3.89. The molecule has 1 unspecified atom stereocenters. The second kappa shape index (κ2) is 4.87. The summed E-state index contributed by atoms with van der Waals surface area (Å²) >= 11 is 1.64. The predicted octanol–water partition coefficient (Wildman–Crippen LogP) is 1.70. The van der Waals surface area contributed by atoms with Crippen molar-refractivity contribution in [1.82, 2.24) is 9.88 Å². The lowest BCUT2D eigenvalue weighted by Crippen LogP contribution is -2.48. The van der Waals surface area contributed by atoms with E-state index in [1.807, 2.05) is 5.51 Å². The zero-order chi connectivity index (χ0) is 10.6. The summed E-state index contributed by atoms with van der Waals surface area (Å²) in [6, 6.07) is 0. The molecule has 0 saturated carbocycles. The van der Waals surface area contributed by atoms with Crippen LogP contribution in [-0.4, -0.2) is 29.0 Å². The highest BCUT2D eigenvalue weighted by Crippen LogP contribution is 2.18. The van der Waals surface area contributed by atoms with Gasteiger partial charge in [-0.25, -0.2) is 4.98 Å². The number of nitrogens with two attached hydrogens (primary N) is 1. The maximum absolute atomic E-state index is 5.79. The van der Waals surface area contributed by atoms with Crippen LogP contribution < -0.4 is 5.73 Å². The van der Waals surface area contributed by atoms with Gasteiger partial charge in [-0.3, -0.25) is 4.90 Å². The molecule has 1 aromatic rings. The quantitative estimate of drug-likeness (QED) is 0.809. The number of thiazole rings is 1. The lowest BCUT2D eigenvalue weighted by molar-refractivity contribution is 0.130. The molecule has 1 aromatic heterocycles. The Morgan fingerprint density at radius 1 is 1.64 bits per heavy atom. The van der Waals surface area contributed by atoms with Crippen molar-refractivity contribution in [3.05, 3.63) is 16.6 Å². The Hall–Kier alpha value is -0.450. The van der Waals surface area contributed by atoms with Crippen LogP contribution >= 0.6 is 11.3 Å². The Labute approximate surface area is 89.9 Å². The minimum Gasteiger partial charge on any atom is -0.329 e. The third-order valence-corrected chi connectivity index (χ3v) is 3.64. The molecule has 0 aliphatic carbocycles. The summed E-state index contributed by atoms with van der Waals surface area (Å²) in [7, 11) is 2.11. The molecular weight excluding hydrogens is 194 g/mol. The molecule has 0 aromatic carbocycles. The molecule has 0 aliphatic rings. The number of nitrogens with zero attached hydrogens (tertiary/aromatic N) is 2. The molecule has 4 heteroatoms. The molecule has 0 saturated heterocycles. The third-order valence-electron chi connectivity index (χ3n) is 3.01. The fourth-order valence-corrected chi connectivity index (χ4v) is 1.87. The molecule has 1 atom stereocenters. The molecule has 0 radical (unpaired) electrons. The van der Waals surface area contributed by atoms with Crippen LogP contribution in [0.5, 0.6) is 0 Å². The summed E-state index contributed by atoms with van der Waals surface area (Å²) in [6.07, 6.45) is 1.06. The van der Waals surface area contributed by atoms with Crippen LogP contribution in [0.3, 0.4) is 0 Å². The first-order valence-electron chi connectivity index (χ1n) is 4.90.